The Labute approximate surface area is 165 Å². The first-order valence-corrected chi connectivity index (χ1v) is 8.67. The molecule has 1 unspecified atom stereocenters. The van der Waals surface area contributed by atoms with Gasteiger partial charge in [-0.2, -0.15) is 0 Å². The Morgan fingerprint density at radius 3 is 2.64 bits per heavy atom. The summed E-state index contributed by atoms with van der Waals surface area (Å²) in [5, 5.41) is 5.80. The van der Waals surface area contributed by atoms with Gasteiger partial charge >= 0.3 is 0 Å². The molecule has 0 aromatic carbocycles. The zero-order valence-corrected chi connectivity index (χ0v) is 17.1. The summed E-state index contributed by atoms with van der Waals surface area (Å²) in [5.41, 5.74) is 7.06. The molecule has 1 amide bonds. The van der Waals surface area contributed by atoms with Gasteiger partial charge in [0.2, 0.25) is 5.91 Å². The molecule has 0 fully saturated rings. The van der Waals surface area contributed by atoms with Crippen molar-refractivity contribution in [3.63, 3.8) is 0 Å². The molecule has 2 heterocycles. The van der Waals surface area contributed by atoms with Crippen molar-refractivity contribution < 1.29 is 4.79 Å². The Hall–Kier alpha value is -1.21. The van der Waals surface area contributed by atoms with Gasteiger partial charge in [-0.25, -0.2) is 4.98 Å². The van der Waals surface area contributed by atoms with Gasteiger partial charge in [-0.15, -0.1) is 36.2 Å². The Kier molecular flexibility index (Phi) is 10.2. The van der Waals surface area contributed by atoms with Crippen molar-refractivity contribution in [2.45, 2.75) is 39.2 Å². The second-order valence-electron chi connectivity index (χ2n) is 6.45. The summed E-state index contributed by atoms with van der Waals surface area (Å²) in [6.45, 7) is 6.66. The molecule has 0 spiro atoms. The molecule has 0 aliphatic carbocycles. The van der Waals surface area contributed by atoms with E-state index in [0.717, 1.165) is 22.8 Å². The summed E-state index contributed by atoms with van der Waals surface area (Å²) < 4.78 is 0. The van der Waals surface area contributed by atoms with Crippen LogP contribution in [0.3, 0.4) is 0 Å². The fourth-order valence-electron chi connectivity index (χ4n) is 2.63. The van der Waals surface area contributed by atoms with Crippen LogP contribution >= 0.6 is 36.2 Å². The third-order valence-corrected chi connectivity index (χ3v) is 4.44. The summed E-state index contributed by atoms with van der Waals surface area (Å²) in [5.74, 6) is 0.426. The molecule has 5 nitrogen and oxygen atoms in total. The van der Waals surface area contributed by atoms with Gasteiger partial charge in [0, 0.05) is 23.7 Å². The molecule has 25 heavy (non-hydrogen) atoms. The maximum Gasteiger partial charge on any atom is 0.226 e. The maximum absolute atomic E-state index is 12.3. The van der Waals surface area contributed by atoms with Crippen LogP contribution in [0.25, 0.3) is 10.7 Å². The van der Waals surface area contributed by atoms with Crippen LogP contribution in [0.2, 0.25) is 0 Å². The second kappa shape index (κ2) is 10.7. The number of carbonyl (C=O) groups is 1. The highest BCUT2D eigenvalue weighted by molar-refractivity contribution is 7.13. The summed E-state index contributed by atoms with van der Waals surface area (Å²) in [6, 6.07) is 5.71. The summed E-state index contributed by atoms with van der Waals surface area (Å²) >= 11 is 1.50. The van der Waals surface area contributed by atoms with Crippen molar-refractivity contribution in [3.8, 4) is 10.7 Å². The zero-order chi connectivity index (χ0) is 16.9. The molecule has 3 N–H and O–H groups in total. The Bertz CT molecular complexity index is 651. The van der Waals surface area contributed by atoms with Crippen LogP contribution in [0.5, 0.6) is 0 Å². The SMILES string of the molecule is CC(C)CC(C)(CN)NC(=O)Cc1csc(-c2ccccn2)n1.Cl.Cl. The van der Waals surface area contributed by atoms with Gasteiger partial charge in [0.1, 0.15) is 5.01 Å². The van der Waals surface area contributed by atoms with Gasteiger partial charge in [0.25, 0.3) is 0 Å². The van der Waals surface area contributed by atoms with E-state index >= 15 is 0 Å². The lowest BCUT2D eigenvalue weighted by molar-refractivity contribution is -0.122. The topological polar surface area (TPSA) is 80.9 Å². The minimum absolute atomic E-state index is 0. The van der Waals surface area contributed by atoms with Gasteiger partial charge in [0.15, 0.2) is 0 Å². The van der Waals surface area contributed by atoms with Crippen molar-refractivity contribution >= 4 is 42.1 Å². The number of nitrogens with two attached hydrogens (primary N) is 1. The molecule has 8 heteroatoms. The molecule has 2 aromatic heterocycles. The van der Waals surface area contributed by atoms with Crippen LogP contribution in [-0.2, 0) is 11.2 Å². The van der Waals surface area contributed by atoms with E-state index in [1.165, 1.54) is 11.3 Å². The summed E-state index contributed by atoms with van der Waals surface area (Å²) in [6.07, 6.45) is 2.85. The first kappa shape index (κ1) is 23.8. The minimum atomic E-state index is -0.370. The summed E-state index contributed by atoms with van der Waals surface area (Å²) in [4.78, 5) is 21.1. The van der Waals surface area contributed by atoms with E-state index in [0.29, 0.717) is 12.5 Å². The van der Waals surface area contributed by atoms with E-state index in [2.05, 4.69) is 29.1 Å². The number of aromatic nitrogens is 2. The lowest BCUT2D eigenvalue weighted by Gasteiger charge is -2.31. The highest BCUT2D eigenvalue weighted by Gasteiger charge is 2.26. The third kappa shape index (κ3) is 7.28. The van der Waals surface area contributed by atoms with Crippen molar-refractivity contribution in [1.82, 2.24) is 15.3 Å². The smallest absolute Gasteiger partial charge is 0.226 e. The monoisotopic (exact) mass is 404 g/mol. The molecular weight excluding hydrogens is 379 g/mol. The Morgan fingerprint density at radius 1 is 1.36 bits per heavy atom. The maximum atomic E-state index is 12.3. The fourth-order valence-corrected chi connectivity index (χ4v) is 3.42. The van der Waals surface area contributed by atoms with Gasteiger partial charge in [0.05, 0.1) is 17.8 Å². The molecule has 0 radical (unpaired) electrons. The number of hydrogen-bond donors (Lipinski definition) is 2. The van der Waals surface area contributed by atoms with Gasteiger partial charge in [-0.05, 0) is 31.4 Å². The number of amides is 1. The average molecular weight is 405 g/mol. The Balaban J connectivity index is 0.00000288. The molecule has 0 saturated heterocycles. The van der Waals surface area contributed by atoms with Crippen LogP contribution in [-0.4, -0.2) is 28.0 Å². The van der Waals surface area contributed by atoms with Gasteiger partial charge in [-0.1, -0.05) is 19.9 Å². The molecule has 0 aliphatic rings. The summed E-state index contributed by atoms with van der Waals surface area (Å²) in [7, 11) is 0. The van der Waals surface area contributed by atoms with E-state index in [9.17, 15) is 4.79 Å². The molecule has 0 aliphatic heterocycles. The second-order valence-corrected chi connectivity index (χ2v) is 7.30. The molecule has 0 bridgehead atoms. The van der Waals surface area contributed by atoms with Gasteiger partial charge in [-0.3, -0.25) is 9.78 Å². The predicted octanol–water partition coefficient (Wildman–Crippen LogP) is 3.47. The van der Waals surface area contributed by atoms with Crippen LogP contribution in [0.4, 0.5) is 0 Å². The number of carbonyl (C=O) groups excluding carboxylic acids is 1. The van der Waals surface area contributed by atoms with Crippen molar-refractivity contribution in [1.29, 1.82) is 0 Å². The molecular formula is C17H26Cl2N4OS. The number of rotatable bonds is 7. The predicted molar refractivity (Wildman–Crippen MR) is 109 cm³/mol. The number of hydrogen-bond acceptors (Lipinski definition) is 5. The van der Waals surface area contributed by atoms with E-state index in [1.54, 1.807) is 6.20 Å². The van der Waals surface area contributed by atoms with E-state index in [-0.39, 0.29) is 42.7 Å². The van der Waals surface area contributed by atoms with Crippen LogP contribution in [0.15, 0.2) is 29.8 Å². The molecule has 2 rings (SSSR count). The van der Waals surface area contributed by atoms with Crippen molar-refractivity contribution in [2.75, 3.05) is 6.54 Å². The van der Waals surface area contributed by atoms with E-state index < -0.39 is 0 Å². The standard InChI is InChI=1S/C17H24N4OS.2ClH/c1-12(2)9-17(3,11-18)21-15(22)8-13-10-23-16(20-13)14-6-4-5-7-19-14;;/h4-7,10,12H,8-9,11,18H2,1-3H3,(H,21,22);2*1H. The third-order valence-electron chi connectivity index (χ3n) is 3.53. The van der Waals surface area contributed by atoms with Crippen LogP contribution in [0.1, 0.15) is 32.9 Å². The number of halogens is 2. The highest BCUT2D eigenvalue weighted by Crippen LogP contribution is 2.22. The lowest BCUT2D eigenvalue weighted by atomic mass is 9.90. The molecule has 0 saturated carbocycles. The normalized spacial score (nSPS) is 12.7. The molecule has 140 valence electrons. The van der Waals surface area contributed by atoms with Crippen molar-refractivity contribution in [3.05, 3.63) is 35.5 Å². The highest BCUT2D eigenvalue weighted by atomic mass is 35.5. The van der Waals surface area contributed by atoms with E-state index in [1.807, 2.05) is 30.5 Å². The first-order chi connectivity index (χ1) is 10.9. The number of nitrogens with one attached hydrogen (secondary N) is 1. The van der Waals surface area contributed by atoms with Crippen LogP contribution < -0.4 is 11.1 Å². The van der Waals surface area contributed by atoms with Gasteiger partial charge < -0.3 is 11.1 Å². The number of thiazole rings is 1. The van der Waals surface area contributed by atoms with Crippen molar-refractivity contribution in [2.24, 2.45) is 11.7 Å². The minimum Gasteiger partial charge on any atom is -0.349 e. The lowest BCUT2D eigenvalue weighted by Crippen LogP contribution is -2.52. The van der Waals surface area contributed by atoms with E-state index in [4.69, 9.17) is 5.73 Å². The quantitative estimate of drug-likeness (QED) is 0.739. The zero-order valence-electron chi connectivity index (χ0n) is 14.7. The Morgan fingerprint density at radius 2 is 2.08 bits per heavy atom. The van der Waals surface area contributed by atoms with Crippen LogP contribution in [0, 0.1) is 5.92 Å². The molecule has 1 atom stereocenters. The average Bonchev–Trinajstić information content (AvgIpc) is 2.95. The fraction of sp³-hybridized carbons (Fsp3) is 0.471. The first-order valence-electron chi connectivity index (χ1n) is 7.79. The molecule has 2 aromatic rings. The number of nitrogens with zero attached hydrogens (tertiary/aromatic N) is 2. The largest absolute Gasteiger partial charge is 0.349 e. The number of pyridine rings is 1.